The predicted molar refractivity (Wildman–Crippen MR) is 104 cm³/mol. The van der Waals surface area contributed by atoms with Gasteiger partial charge in [-0.1, -0.05) is 0 Å². The molecule has 0 aliphatic carbocycles. The number of ether oxygens (including phenoxy) is 1. The van der Waals surface area contributed by atoms with Crippen LogP contribution in [-0.2, 0) is 4.74 Å². The molecule has 0 aromatic carbocycles. The Labute approximate surface area is 161 Å². The van der Waals surface area contributed by atoms with Gasteiger partial charge >= 0.3 is 0 Å². The number of carbonyl (C=O) groups excluding carboxylic acids is 1. The highest BCUT2D eigenvalue weighted by atomic mass is 35.5. The third kappa shape index (κ3) is 5.71. The lowest BCUT2D eigenvalue weighted by Gasteiger charge is -2.32. The highest BCUT2D eigenvalue weighted by Crippen LogP contribution is 2.40. The van der Waals surface area contributed by atoms with E-state index in [1.165, 1.54) is 12.8 Å². The minimum Gasteiger partial charge on any atom is -0.376 e. The van der Waals surface area contributed by atoms with E-state index in [9.17, 15) is 4.79 Å². The zero-order valence-corrected chi connectivity index (χ0v) is 16.2. The van der Waals surface area contributed by atoms with E-state index < -0.39 is 0 Å². The number of piperidine rings is 1. The van der Waals surface area contributed by atoms with Crippen molar-refractivity contribution in [3.63, 3.8) is 0 Å². The van der Waals surface area contributed by atoms with E-state index in [-0.39, 0.29) is 36.8 Å². The molecule has 142 valence electrons. The normalized spacial score (nSPS) is 21.1. The number of nitrogens with one attached hydrogen (secondary N) is 3. The molecule has 3 heterocycles. The Morgan fingerprint density at radius 3 is 2.88 bits per heavy atom. The van der Waals surface area contributed by atoms with Crippen LogP contribution in [0.2, 0.25) is 0 Å². The number of aromatic nitrogens is 1. The Hall–Kier alpha value is -1.08. The van der Waals surface area contributed by atoms with E-state index in [1.807, 2.05) is 6.92 Å². The molecule has 0 saturated carbocycles. The maximum absolute atomic E-state index is 11.9. The van der Waals surface area contributed by atoms with Crippen LogP contribution in [-0.4, -0.2) is 49.8 Å². The monoisotopic (exact) mass is 390 g/mol. The van der Waals surface area contributed by atoms with Crippen LogP contribution in [0.4, 0.5) is 5.82 Å². The molecule has 2 saturated heterocycles. The van der Waals surface area contributed by atoms with Crippen molar-refractivity contribution in [3.8, 4) is 0 Å². The van der Waals surface area contributed by atoms with Crippen molar-refractivity contribution in [2.75, 3.05) is 38.1 Å². The highest BCUT2D eigenvalue weighted by molar-refractivity contribution is 5.94. The van der Waals surface area contributed by atoms with Gasteiger partial charge in [0.25, 0.3) is 5.91 Å². The molecule has 1 atom stereocenters. The third-order valence-corrected chi connectivity index (χ3v) is 4.82. The largest absolute Gasteiger partial charge is 0.376 e. The fourth-order valence-electron chi connectivity index (χ4n) is 3.48. The van der Waals surface area contributed by atoms with Crippen molar-refractivity contribution in [1.82, 2.24) is 15.6 Å². The summed E-state index contributed by atoms with van der Waals surface area (Å²) in [5.74, 6) is 0.660. The summed E-state index contributed by atoms with van der Waals surface area (Å²) in [6, 6.07) is 3.52. The average molecular weight is 391 g/mol. The Kier molecular flexibility index (Phi) is 8.93. The van der Waals surface area contributed by atoms with Crippen molar-refractivity contribution in [3.05, 3.63) is 23.9 Å². The molecule has 0 bridgehead atoms. The number of anilines is 1. The van der Waals surface area contributed by atoms with Gasteiger partial charge in [0.1, 0.15) is 5.82 Å². The van der Waals surface area contributed by atoms with Gasteiger partial charge in [0.15, 0.2) is 0 Å². The van der Waals surface area contributed by atoms with Crippen LogP contribution in [0, 0.1) is 5.41 Å². The number of halogens is 2. The van der Waals surface area contributed by atoms with Gasteiger partial charge in [-0.2, -0.15) is 0 Å². The first-order chi connectivity index (χ1) is 11.2. The number of hydrogen-bond donors (Lipinski definition) is 3. The fraction of sp³-hybridized carbons (Fsp3) is 0.647. The van der Waals surface area contributed by atoms with Crippen molar-refractivity contribution in [1.29, 1.82) is 0 Å². The summed E-state index contributed by atoms with van der Waals surface area (Å²) < 4.78 is 5.99. The second-order valence-corrected chi connectivity index (χ2v) is 6.56. The summed E-state index contributed by atoms with van der Waals surface area (Å²) in [4.78, 5) is 16.2. The molecule has 1 aromatic rings. The SMILES string of the molecule is CCNC(=O)c1ccnc(NCC2CC3(CCNCC3)CO2)c1.Cl.Cl. The summed E-state index contributed by atoms with van der Waals surface area (Å²) >= 11 is 0. The van der Waals surface area contributed by atoms with Crippen molar-refractivity contribution in [2.45, 2.75) is 32.3 Å². The quantitative estimate of drug-likeness (QED) is 0.718. The Morgan fingerprint density at radius 2 is 2.16 bits per heavy atom. The Balaban J connectivity index is 0.00000156. The first-order valence-electron chi connectivity index (χ1n) is 8.51. The molecule has 1 unspecified atom stereocenters. The molecular weight excluding hydrogens is 363 g/mol. The molecule has 6 nitrogen and oxygen atoms in total. The Morgan fingerprint density at radius 1 is 1.40 bits per heavy atom. The molecule has 2 aliphatic rings. The number of carbonyl (C=O) groups is 1. The van der Waals surface area contributed by atoms with Crippen LogP contribution >= 0.6 is 24.8 Å². The molecule has 1 spiro atoms. The van der Waals surface area contributed by atoms with Crippen LogP contribution in [0.3, 0.4) is 0 Å². The zero-order chi connectivity index (χ0) is 16.1. The molecule has 1 amide bonds. The molecule has 3 rings (SSSR count). The van der Waals surface area contributed by atoms with Crippen molar-refractivity contribution in [2.24, 2.45) is 5.41 Å². The number of hydrogen-bond acceptors (Lipinski definition) is 5. The van der Waals surface area contributed by atoms with E-state index >= 15 is 0 Å². The number of rotatable bonds is 5. The zero-order valence-electron chi connectivity index (χ0n) is 14.5. The van der Waals surface area contributed by atoms with E-state index in [0.29, 0.717) is 17.5 Å². The number of nitrogens with zero attached hydrogens (tertiary/aromatic N) is 1. The summed E-state index contributed by atoms with van der Waals surface area (Å²) in [5.41, 5.74) is 1.000. The molecule has 25 heavy (non-hydrogen) atoms. The average Bonchev–Trinajstić information content (AvgIpc) is 2.97. The van der Waals surface area contributed by atoms with Crippen LogP contribution in [0.25, 0.3) is 0 Å². The Bertz CT molecular complexity index is 553. The van der Waals surface area contributed by atoms with Gasteiger partial charge < -0.3 is 20.7 Å². The molecule has 8 heteroatoms. The minimum absolute atomic E-state index is 0. The van der Waals surface area contributed by atoms with Gasteiger partial charge in [0, 0.05) is 24.8 Å². The molecule has 2 fully saturated rings. The van der Waals surface area contributed by atoms with Gasteiger partial charge in [0.2, 0.25) is 0 Å². The lowest BCUT2D eigenvalue weighted by Crippen LogP contribution is -2.37. The minimum atomic E-state index is -0.0660. The smallest absolute Gasteiger partial charge is 0.251 e. The lowest BCUT2D eigenvalue weighted by molar-refractivity contribution is 0.0924. The van der Waals surface area contributed by atoms with Gasteiger partial charge in [0.05, 0.1) is 12.7 Å². The van der Waals surface area contributed by atoms with Crippen molar-refractivity contribution >= 4 is 36.5 Å². The van der Waals surface area contributed by atoms with Crippen LogP contribution < -0.4 is 16.0 Å². The predicted octanol–water partition coefficient (Wildman–Crippen LogP) is 2.25. The molecule has 0 radical (unpaired) electrons. The van der Waals surface area contributed by atoms with Gasteiger partial charge in [-0.25, -0.2) is 4.98 Å². The topological polar surface area (TPSA) is 75.3 Å². The third-order valence-electron chi connectivity index (χ3n) is 4.82. The van der Waals surface area contributed by atoms with E-state index in [0.717, 1.165) is 38.5 Å². The van der Waals surface area contributed by atoms with E-state index in [1.54, 1.807) is 18.3 Å². The fourth-order valence-corrected chi connectivity index (χ4v) is 3.48. The maximum atomic E-state index is 11.9. The van der Waals surface area contributed by atoms with Gasteiger partial charge in [-0.15, -0.1) is 24.8 Å². The standard InChI is InChI=1S/C17H26N4O2.2ClH/c1-2-19-16(22)13-3-6-20-15(9-13)21-11-14-10-17(12-23-14)4-7-18-8-5-17;;/h3,6,9,14,18H,2,4-5,7-8,10-12H2,1H3,(H,19,22)(H,20,21);2*1H. The number of amides is 1. The summed E-state index contributed by atoms with van der Waals surface area (Å²) in [6.07, 6.45) is 5.40. The highest BCUT2D eigenvalue weighted by Gasteiger charge is 2.40. The van der Waals surface area contributed by atoms with E-state index in [2.05, 4.69) is 20.9 Å². The van der Waals surface area contributed by atoms with Crippen molar-refractivity contribution < 1.29 is 9.53 Å². The molecule has 1 aromatic heterocycles. The number of pyridine rings is 1. The molecular formula is C17H28Cl2N4O2. The van der Waals surface area contributed by atoms with Crippen LogP contribution in [0.15, 0.2) is 18.3 Å². The summed E-state index contributed by atoms with van der Waals surface area (Å²) in [6.45, 7) is 6.33. The van der Waals surface area contributed by atoms with E-state index in [4.69, 9.17) is 4.74 Å². The van der Waals surface area contributed by atoms with Crippen LogP contribution in [0.1, 0.15) is 36.5 Å². The summed E-state index contributed by atoms with van der Waals surface area (Å²) in [5, 5.41) is 9.53. The lowest BCUT2D eigenvalue weighted by atomic mass is 9.77. The van der Waals surface area contributed by atoms with Crippen LogP contribution in [0.5, 0.6) is 0 Å². The second kappa shape index (κ2) is 10.2. The van der Waals surface area contributed by atoms with Gasteiger partial charge in [-0.3, -0.25) is 4.79 Å². The first kappa shape index (κ1) is 22.0. The molecule has 2 aliphatic heterocycles. The summed E-state index contributed by atoms with van der Waals surface area (Å²) in [7, 11) is 0. The second-order valence-electron chi connectivity index (χ2n) is 6.56. The van der Waals surface area contributed by atoms with Gasteiger partial charge in [-0.05, 0) is 56.8 Å². The maximum Gasteiger partial charge on any atom is 0.251 e. The molecule has 3 N–H and O–H groups in total. The first-order valence-corrected chi connectivity index (χ1v) is 8.51.